The summed E-state index contributed by atoms with van der Waals surface area (Å²) >= 11 is 6.22. The maximum atomic E-state index is 14.2. The maximum Gasteiger partial charge on any atom is 0.341 e. The van der Waals surface area contributed by atoms with E-state index in [2.05, 4.69) is 11.9 Å². The van der Waals surface area contributed by atoms with Gasteiger partial charge in [0.25, 0.3) is 0 Å². The van der Waals surface area contributed by atoms with E-state index in [9.17, 15) is 9.18 Å². The number of esters is 1. The first-order chi connectivity index (χ1) is 14.0. The van der Waals surface area contributed by atoms with Crippen LogP contribution >= 0.6 is 11.6 Å². The first-order valence-corrected chi connectivity index (χ1v) is 10.4. The predicted octanol–water partition coefficient (Wildman–Crippen LogP) is 6.32. The molecule has 0 radical (unpaired) electrons. The van der Waals surface area contributed by atoms with Crippen LogP contribution in [0.15, 0.2) is 30.5 Å². The third kappa shape index (κ3) is 4.96. The minimum atomic E-state index is -0.653. The number of hydrogen-bond acceptors (Lipinski definition) is 4. The van der Waals surface area contributed by atoms with Gasteiger partial charge < -0.3 is 9.47 Å². The number of rotatable bonds is 8. The van der Waals surface area contributed by atoms with Crippen molar-refractivity contribution < 1.29 is 18.7 Å². The van der Waals surface area contributed by atoms with Crippen molar-refractivity contribution in [1.29, 1.82) is 0 Å². The second kappa shape index (κ2) is 9.88. The van der Waals surface area contributed by atoms with Crippen molar-refractivity contribution in [3.8, 4) is 5.88 Å². The normalized spacial score (nSPS) is 13.7. The number of carbonyl (C=O) groups excluding carboxylic acids is 1. The van der Waals surface area contributed by atoms with E-state index in [1.165, 1.54) is 6.07 Å². The Morgan fingerprint density at radius 3 is 2.76 bits per heavy atom. The zero-order valence-corrected chi connectivity index (χ0v) is 17.5. The number of pyridine rings is 1. The molecule has 1 aromatic carbocycles. The monoisotopic (exact) mass is 417 g/mol. The second-order valence-corrected chi connectivity index (χ2v) is 7.37. The van der Waals surface area contributed by atoms with Crippen LogP contribution in [0.4, 0.5) is 4.39 Å². The van der Waals surface area contributed by atoms with Crippen molar-refractivity contribution in [2.45, 2.75) is 46.0 Å². The first kappa shape index (κ1) is 21.3. The van der Waals surface area contributed by atoms with E-state index in [0.29, 0.717) is 17.5 Å². The van der Waals surface area contributed by atoms with Crippen LogP contribution in [0.3, 0.4) is 0 Å². The summed E-state index contributed by atoms with van der Waals surface area (Å²) in [4.78, 5) is 16.5. The van der Waals surface area contributed by atoms with Crippen LogP contribution < -0.4 is 4.74 Å². The van der Waals surface area contributed by atoms with E-state index < -0.39 is 11.8 Å². The smallest absolute Gasteiger partial charge is 0.341 e. The average molecular weight is 418 g/mol. The molecule has 0 spiro atoms. The Labute approximate surface area is 175 Å². The molecule has 0 N–H and O–H groups in total. The molecule has 0 bridgehead atoms. The second-order valence-electron chi connectivity index (χ2n) is 6.93. The molecule has 3 rings (SSSR count). The number of hydrogen-bond donors (Lipinski definition) is 0. The number of benzene rings is 1. The lowest BCUT2D eigenvalue weighted by atomic mass is 9.96. The Morgan fingerprint density at radius 2 is 2.00 bits per heavy atom. The summed E-state index contributed by atoms with van der Waals surface area (Å²) in [6, 6.07) is 6.46. The minimum Gasteiger partial charge on any atom is -0.477 e. The summed E-state index contributed by atoms with van der Waals surface area (Å²) in [6.07, 6.45) is 6.17. The fraction of sp³-hybridized carbons (Fsp3) is 0.391. The van der Waals surface area contributed by atoms with Crippen LogP contribution in [0.5, 0.6) is 5.88 Å². The molecule has 6 heteroatoms. The van der Waals surface area contributed by atoms with Gasteiger partial charge in [0.1, 0.15) is 5.82 Å². The molecule has 4 nitrogen and oxygen atoms in total. The van der Waals surface area contributed by atoms with Crippen molar-refractivity contribution in [2.75, 3.05) is 13.2 Å². The number of allylic oxidation sites excluding steroid dienone is 2. The third-order valence-electron chi connectivity index (χ3n) is 4.91. The van der Waals surface area contributed by atoms with E-state index in [1.807, 2.05) is 6.07 Å². The Hall–Kier alpha value is -2.40. The quantitative estimate of drug-likeness (QED) is 0.372. The number of carbonyl (C=O) groups is 1. The van der Waals surface area contributed by atoms with Gasteiger partial charge in [-0.25, -0.2) is 14.2 Å². The Morgan fingerprint density at radius 1 is 1.21 bits per heavy atom. The van der Waals surface area contributed by atoms with Crippen molar-refractivity contribution in [3.63, 3.8) is 0 Å². The van der Waals surface area contributed by atoms with E-state index in [4.69, 9.17) is 21.1 Å². The lowest BCUT2D eigenvalue weighted by molar-refractivity contribution is 0.0521. The summed E-state index contributed by atoms with van der Waals surface area (Å²) in [6.45, 7) is 4.59. The molecule has 0 aliphatic heterocycles. The zero-order valence-electron chi connectivity index (χ0n) is 16.8. The van der Waals surface area contributed by atoms with Gasteiger partial charge in [0.2, 0.25) is 5.88 Å². The van der Waals surface area contributed by atoms with Crippen LogP contribution in [0.1, 0.15) is 67.4 Å². The Bertz CT molecular complexity index is 926. The van der Waals surface area contributed by atoms with Gasteiger partial charge in [-0.15, -0.1) is 0 Å². The van der Waals surface area contributed by atoms with E-state index in [-0.39, 0.29) is 12.2 Å². The standard InChI is InChI=1S/C23H25ClFNO3/c1-3-5-11-29-22-19(13-16(24)14-26-22)18-8-6-7-17(18)15-9-10-21(25)20(12-15)23(27)28-4-2/h9-10,12-14H,3-8,11H2,1-2H3. The molecule has 1 aliphatic rings. The van der Waals surface area contributed by atoms with Crippen LogP contribution in [0, 0.1) is 5.82 Å². The molecular formula is C23H25ClFNO3. The largest absolute Gasteiger partial charge is 0.477 e. The Balaban J connectivity index is 2.03. The van der Waals surface area contributed by atoms with Crippen LogP contribution in [0.25, 0.3) is 11.1 Å². The highest BCUT2D eigenvalue weighted by Gasteiger charge is 2.23. The summed E-state index contributed by atoms with van der Waals surface area (Å²) in [7, 11) is 0. The lowest BCUT2D eigenvalue weighted by Gasteiger charge is -2.14. The highest BCUT2D eigenvalue weighted by molar-refractivity contribution is 6.30. The number of nitrogens with zero attached hydrogens (tertiary/aromatic N) is 1. The molecule has 0 atom stereocenters. The first-order valence-electron chi connectivity index (χ1n) is 10.0. The molecule has 29 heavy (non-hydrogen) atoms. The van der Waals surface area contributed by atoms with Crippen LogP contribution in [-0.4, -0.2) is 24.2 Å². The van der Waals surface area contributed by atoms with Gasteiger partial charge in [-0.1, -0.05) is 31.0 Å². The fourth-order valence-corrected chi connectivity index (χ4v) is 3.67. The van der Waals surface area contributed by atoms with Gasteiger partial charge in [0.05, 0.1) is 23.8 Å². The van der Waals surface area contributed by atoms with Gasteiger partial charge in [-0.3, -0.25) is 0 Å². The highest BCUT2D eigenvalue weighted by Crippen LogP contribution is 2.43. The average Bonchev–Trinajstić information content (AvgIpc) is 3.19. The predicted molar refractivity (Wildman–Crippen MR) is 113 cm³/mol. The lowest BCUT2D eigenvalue weighted by Crippen LogP contribution is -2.08. The minimum absolute atomic E-state index is 0.0493. The zero-order chi connectivity index (χ0) is 20.8. The summed E-state index contributed by atoms with van der Waals surface area (Å²) in [5.74, 6) is -0.676. The summed E-state index contributed by atoms with van der Waals surface area (Å²) < 4.78 is 25.1. The molecule has 1 aliphatic carbocycles. The topological polar surface area (TPSA) is 48.4 Å². The van der Waals surface area contributed by atoms with Gasteiger partial charge in [0.15, 0.2) is 0 Å². The number of aromatic nitrogens is 1. The van der Waals surface area contributed by atoms with E-state index in [1.54, 1.807) is 25.3 Å². The molecule has 0 unspecified atom stereocenters. The van der Waals surface area contributed by atoms with Gasteiger partial charge >= 0.3 is 5.97 Å². The van der Waals surface area contributed by atoms with Crippen molar-refractivity contribution in [1.82, 2.24) is 4.98 Å². The molecule has 0 fully saturated rings. The van der Waals surface area contributed by atoms with Crippen LogP contribution in [-0.2, 0) is 4.74 Å². The molecule has 0 saturated carbocycles. The molecule has 1 aromatic heterocycles. The van der Waals surface area contributed by atoms with Crippen molar-refractivity contribution in [2.24, 2.45) is 0 Å². The fourth-order valence-electron chi connectivity index (χ4n) is 3.51. The number of unbranched alkanes of at least 4 members (excludes halogenated alkanes) is 1. The van der Waals surface area contributed by atoms with E-state index >= 15 is 0 Å². The van der Waals surface area contributed by atoms with Crippen LogP contribution in [0.2, 0.25) is 5.02 Å². The molecule has 0 saturated heterocycles. The Kier molecular flexibility index (Phi) is 7.26. The molecule has 2 aromatic rings. The molecule has 1 heterocycles. The maximum absolute atomic E-state index is 14.2. The summed E-state index contributed by atoms with van der Waals surface area (Å²) in [5.41, 5.74) is 3.75. The van der Waals surface area contributed by atoms with Gasteiger partial charge in [-0.05, 0) is 67.5 Å². The van der Waals surface area contributed by atoms with Crippen molar-refractivity contribution >= 4 is 28.7 Å². The van der Waals surface area contributed by atoms with Crippen molar-refractivity contribution in [3.05, 3.63) is 58.0 Å². The molecular weight excluding hydrogens is 393 g/mol. The number of halogens is 2. The van der Waals surface area contributed by atoms with E-state index in [0.717, 1.165) is 54.4 Å². The molecule has 0 amide bonds. The number of ether oxygens (including phenoxy) is 2. The summed E-state index contributed by atoms with van der Waals surface area (Å²) in [5, 5.41) is 0.535. The van der Waals surface area contributed by atoms with Gasteiger partial charge in [-0.2, -0.15) is 0 Å². The highest BCUT2D eigenvalue weighted by atomic mass is 35.5. The van der Waals surface area contributed by atoms with Gasteiger partial charge in [0, 0.05) is 11.8 Å². The molecule has 154 valence electrons. The SMILES string of the molecule is CCCCOc1ncc(Cl)cc1C1=C(c2ccc(F)c(C(=O)OCC)c2)CCC1. The third-order valence-corrected chi connectivity index (χ3v) is 5.11.